The zero-order chi connectivity index (χ0) is 15.1. The molecule has 6 nitrogen and oxygen atoms in total. The molecule has 0 saturated carbocycles. The molecule has 2 N–H and O–H groups in total. The molecular weight excluding hydrogens is 280 g/mol. The van der Waals surface area contributed by atoms with Crippen molar-refractivity contribution in [3.8, 4) is 0 Å². The van der Waals surface area contributed by atoms with Crippen molar-refractivity contribution in [2.24, 2.45) is 0 Å². The number of carboxylic acid groups (broad SMARTS) is 1. The minimum absolute atomic E-state index is 0.128. The van der Waals surface area contributed by atoms with Crippen LogP contribution in [0.15, 0.2) is 0 Å². The molecule has 0 bridgehead atoms. The van der Waals surface area contributed by atoms with Gasteiger partial charge in [-0.3, -0.25) is 9.69 Å². The fourth-order valence-corrected chi connectivity index (χ4v) is 3.11. The maximum absolute atomic E-state index is 11.0. The van der Waals surface area contributed by atoms with Gasteiger partial charge in [-0.1, -0.05) is 0 Å². The number of carbonyl (C=O) groups excluding carboxylic acids is 1. The van der Waals surface area contributed by atoms with Crippen molar-refractivity contribution in [3.05, 3.63) is 0 Å². The number of hydrogen-bond donors (Lipinski definition) is 2. The second-order valence-electron chi connectivity index (χ2n) is 5.21. The zero-order valence-electron chi connectivity index (χ0n) is 12.3. The molecule has 1 aliphatic heterocycles. The molecule has 0 aromatic carbocycles. The molecule has 1 amide bonds. The van der Waals surface area contributed by atoms with Crippen LogP contribution in [-0.4, -0.2) is 71.3 Å². The number of thioether (sulfide) groups is 1. The highest BCUT2D eigenvalue weighted by molar-refractivity contribution is 7.99. The Balaban J connectivity index is 2.31. The summed E-state index contributed by atoms with van der Waals surface area (Å²) >= 11 is 1.50. The maximum Gasteiger partial charge on any atom is 0.327 e. The van der Waals surface area contributed by atoms with Gasteiger partial charge in [0.15, 0.2) is 0 Å². The summed E-state index contributed by atoms with van der Waals surface area (Å²) in [7, 11) is 0. The molecule has 0 spiro atoms. The smallest absolute Gasteiger partial charge is 0.327 e. The highest BCUT2D eigenvalue weighted by Crippen LogP contribution is 2.14. The van der Waals surface area contributed by atoms with E-state index in [1.54, 1.807) is 0 Å². The molecule has 0 aromatic heterocycles. The topological polar surface area (TPSA) is 78.9 Å². The first-order valence-corrected chi connectivity index (χ1v) is 7.99. The van der Waals surface area contributed by atoms with Gasteiger partial charge in [0.2, 0.25) is 5.91 Å². The molecule has 20 heavy (non-hydrogen) atoms. The first-order valence-electron chi connectivity index (χ1n) is 6.83. The van der Waals surface area contributed by atoms with Gasteiger partial charge in [-0.2, -0.15) is 11.8 Å². The highest BCUT2D eigenvalue weighted by atomic mass is 32.2. The van der Waals surface area contributed by atoms with E-state index < -0.39 is 12.0 Å². The lowest BCUT2D eigenvalue weighted by Crippen LogP contribution is -2.47. The number of ether oxygens (including phenoxy) is 1. The Hall–Kier alpha value is -0.790. The molecule has 2 atom stereocenters. The zero-order valence-corrected chi connectivity index (χ0v) is 13.1. The Morgan fingerprint density at radius 3 is 2.75 bits per heavy atom. The van der Waals surface area contributed by atoms with Crippen LogP contribution in [0.25, 0.3) is 0 Å². The van der Waals surface area contributed by atoms with Gasteiger partial charge in [0.05, 0.1) is 12.7 Å². The number of nitrogens with zero attached hydrogens (tertiary/aromatic N) is 1. The Morgan fingerprint density at radius 1 is 1.50 bits per heavy atom. The van der Waals surface area contributed by atoms with Gasteiger partial charge in [-0.05, 0) is 13.8 Å². The summed E-state index contributed by atoms with van der Waals surface area (Å²) in [5, 5.41) is 11.4. The van der Waals surface area contributed by atoms with Gasteiger partial charge in [0.1, 0.15) is 6.04 Å². The van der Waals surface area contributed by atoms with Crippen LogP contribution in [0.2, 0.25) is 0 Å². The van der Waals surface area contributed by atoms with Crippen molar-refractivity contribution in [2.75, 3.05) is 31.2 Å². The lowest BCUT2D eigenvalue weighted by Gasteiger charge is -2.35. The number of nitrogens with one attached hydrogen (secondary N) is 1. The van der Waals surface area contributed by atoms with Crippen LogP contribution in [0, 0.1) is 0 Å². The predicted molar refractivity (Wildman–Crippen MR) is 79.0 cm³/mol. The number of morpholine rings is 1. The number of rotatable bonds is 7. The van der Waals surface area contributed by atoms with E-state index in [-0.39, 0.29) is 12.0 Å². The number of carbonyl (C=O) groups is 2. The minimum atomic E-state index is -0.999. The monoisotopic (exact) mass is 304 g/mol. The van der Waals surface area contributed by atoms with Crippen molar-refractivity contribution >= 4 is 23.6 Å². The molecule has 1 rings (SSSR count). The van der Waals surface area contributed by atoms with E-state index in [1.165, 1.54) is 18.7 Å². The van der Waals surface area contributed by atoms with Gasteiger partial charge >= 0.3 is 5.97 Å². The van der Waals surface area contributed by atoms with Crippen LogP contribution in [0.5, 0.6) is 0 Å². The van der Waals surface area contributed by atoms with Crippen LogP contribution in [0.4, 0.5) is 0 Å². The van der Waals surface area contributed by atoms with E-state index in [0.29, 0.717) is 11.8 Å². The summed E-state index contributed by atoms with van der Waals surface area (Å²) in [6.07, 6.45) is 0.128. The number of amides is 1. The highest BCUT2D eigenvalue weighted by Gasteiger charge is 2.24. The summed E-state index contributed by atoms with van der Waals surface area (Å²) in [5.41, 5.74) is 0. The van der Waals surface area contributed by atoms with Crippen molar-refractivity contribution < 1.29 is 19.4 Å². The average Bonchev–Trinajstić information content (AvgIpc) is 2.37. The molecule has 1 aliphatic rings. The van der Waals surface area contributed by atoms with Crippen molar-refractivity contribution in [2.45, 2.75) is 39.0 Å². The third-order valence-corrected chi connectivity index (χ3v) is 4.34. The Kier molecular flexibility index (Phi) is 7.32. The van der Waals surface area contributed by atoms with E-state index in [2.05, 4.69) is 24.1 Å². The third kappa shape index (κ3) is 6.11. The molecule has 1 heterocycles. The van der Waals surface area contributed by atoms with E-state index in [0.717, 1.165) is 25.4 Å². The molecule has 116 valence electrons. The fourth-order valence-electron chi connectivity index (χ4n) is 2.05. The van der Waals surface area contributed by atoms with E-state index >= 15 is 0 Å². The Morgan fingerprint density at radius 2 is 2.20 bits per heavy atom. The molecule has 0 aromatic rings. The lowest BCUT2D eigenvalue weighted by atomic mass is 10.2. The van der Waals surface area contributed by atoms with E-state index in [4.69, 9.17) is 9.84 Å². The first-order chi connectivity index (χ1) is 9.40. The van der Waals surface area contributed by atoms with Crippen LogP contribution in [0.1, 0.15) is 20.8 Å². The summed E-state index contributed by atoms with van der Waals surface area (Å²) < 4.78 is 5.68. The molecule has 0 radical (unpaired) electrons. The fraction of sp³-hybridized carbons (Fsp3) is 0.846. The Labute approximate surface area is 124 Å². The second kappa shape index (κ2) is 8.49. The average molecular weight is 304 g/mol. The third-order valence-electron chi connectivity index (χ3n) is 3.16. The summed E-state index contributed by atoms with van der Waals surface area (Å²) in [4.78, 5) is 24.3. The summed E-state index contributed by atoms with van der Waals surface area (Å²) in [6, 6.07) is -0.333. The normalized spacial score (nSPS) is 21.7. The number of aliphatic carboxylic acids is 1. The van der Waals surface area contributed by atoms with Crippen molar-refractivity contribution in [3.63, 3.8) is 0 Å². The van der Waals surface area contributed by atoms with Gasteiger partial charge in [-0.25, -0.2) is 4.79 Å². The van der Waals surface area contributed by atoms with Gasteiger partial charge in [-0.15, -0.1) is 0 Å². The van der Waals surface area contributed by atoms with E-state index in [9.17, 15) is 9.59 Å². The largest absolute Gasteiger partial charge is 0.480 e. The van der Waals surface area contributed by atoms with Crippen molar-refractivity contribution in [1.29, 1.82) is 0 Å². The number of hydrogen-bond acceptors (Lipinski definition) is 5. The molecule has 1 fully saturated rings. The molecule has 0 aliphatic carbocycles. The van der Waals surface area contributed by atoms with Crippen LogP contribution in [-0.2, 0) is 14.3 Å². The maximum atomic E-state index is 11.0. The summed E-state index contributed by atoms with van der Waals surface area (Å²) in [5.74, 6) is -0.220. The van der Waals surface area contributed by atoms with Gasteiger partial charge in [0.25, 0.3) is 0 Å². The lowest BCUT2D eigenvalue weighted by molar-refractivity contribution is -0.140. The Bertz CT molecular complexity index is 338. The molecule has 1 unspecified atom stereocenters. The molecule has 7 heteroatoms. The van der Waals surface area contributed by atoms with Crippen molar-refractivity contribution in [1.82, 2.24) is 10.2 Å². The molecule has 1 saturated heterocycles. The summed E-state index contributed by atoms with van der Waals surface area (Å²) in [6.45, 7) is 8.19. The minimum Gasteiger partial charge on any atom is -0.480 e. The van der Waals surface area contributed by atoms with Gasteiger partial charge in [0, 0.05) is 37.6 Å². The standard InChI is InChI=1S/C13H24N2O4S/c1-9(2)15-4-5-19-11(6-15)7-20-8-12(13(17)18)14-10(3)16/h9,11-12H,4-8H2,1-3H3,(H,14,16)(H,17,18)/t11?,12-/m0/s1. The molecular formula is C13H24N2O4S. The predicted octanol–water partition coefficient (Wildman–Crippen LogP) is 0.418. The first kappa shape index (κ1) is 17.3. The van der Waals surface area contributed by atoms with Crippen LogP contribution >= 0.6 is 11.8 Å². The van der Waals surface area contributed by atoms with Crippen LogP contribution < -0.4 is 5.32 Å². The number of carboxylic acids is 1. The van der Waals surface area contributed by atoms with Crippen LogP contribution in [0.3, 0.4) is 0 Å². The van der Waals surface area contributed by atoms with Gasteiger partial charge < -0.3 is 15.2 Å². The quantitative estimate of drug-likeness (QED) is 0.709. The van der Waals surface area contributed by atoms with E-state index in [1.807, 2.05) is 0 Å². The second-order valence-corrected chi connectivity index (χ2v) is 6.29. The SMILES string of the molecule is CC(=O)N[C@@H](CSCC1CN(C(C)C)CCO1)C(=O)O.